The highest BCUT2D eigenvalue weighted by Gasteiger charge is 2.08. The number of hydrogen-bond acceptors (Lipinski definition) is 2. The van der Waals surface area contributed by atoms with Crippen molar-refractivity contribution in [3.8, 4) is 5.75 Å². The van der Waals surface area contributed by atoms with Crippen molar-refractivity contribution in [1.82, 2.24) is 4.98 Å². The fourth-order valence-corrected chi connectivity index (χ4v) is 2.25. The molecule has 0 spiro atoms. The Morgan fingerprint density at radius 2 is 1.84 bits per heavy atom. The number of ether oxygens (including phenoxy) is 1. The summed E-state index contributed by atoms with van der Waals surface area (Å²) in [5, 5.41) is 1.38. The number of benzene rings is 2. The van der Waals surface area contributed by atoms with Gasteiger partial charge in [0.05, 0.1) is 12.1 Å². The van der Waals surface area contributed by atoms with Gasteiger partial charge in [-0.3, -0.25) is 4.79 Å². The molecular weight excluding hydrogens is 238 g/mol. The van der Waals surface area contributed by atoms with Crippen LogP contribution in [0, 0.1) is 0 Å². The zero-order chi connectivity index (χ0) is 13.2. The van der Waals surface area contributed by atoms with Crippen LogP contribution in [0.3, 0.4) is 0 Å². The van der Waals surface area contributed by atoms with Crippen molar-refractivity contribution >= 4 is 21.8 Å². The fraction of sp³-hybridized carbons (Fsp3) is 0.188. The molecule has 3 rings (SSSR count). The lowest BCUT2D eigenvalue weighted by Gasteiger charge is -2.09. The van der Waals surface area contributed by atoms with Gasteiger partial charge in [-0.25, -0.2) is 0 Å². The summed E-state index contributed by atoms with van der Waals surface area (Å²) in [7, 11) is 0. The third-order valence-corrected chi connectivity index (χ3v) is 3.16. The van der Waals surface area contributed by atoms with Gasteiger partial charge in [-0.15, -0.1) is 0 Å². The van der Waals surface area contributed by atoms with Crippen LogP contribution in [0.5, 0.6) is 5.75 Å². The van der Waals surface area contributed by atoms with Gasteiger partial charge in [0.25, 0.3) is 0 Å². The summed E-state index contributed by atoms with van der Waals surface area (Å²) in [6.45, 7) is 2.71. The van der Waals surface area contributed by atoms with Crippen molar-refractivity contribution in [3.63, 3.8) is 0 Å². The molecule has 3 heteroatoms. The molecule has 0 radical (unpaired) electrons. The van der Waals surface area contributed by atoms with Crippen LogP contribution in [0.2, 0.25) is 0 Å². The second kappa shape index (κ2) is 4.76. The molecule has 0 fully saturated rings. The van der Waals surface area contributed by atoms with E-state index in [1.807, 2.05) is 42.5 Å². The molecule has 0 atom stereocenters. The minimum Gasteiger partial charge on any atom is -0.491 e. The van der Waals surface area contributed by atoms with Crippen molar-refractivity contribution in [3.05, 3.63) is 52.7 Å². The van der Waals surface area contributed by atoms with Crippen molar-refractivity contribution < 1.29 is 4.74 Å². The number of para-hydroxylation sites is 2. The standard InChI is InChI=1S/C16H15NO2/c1-2-10-19-14-9-5-7-12-15(14)17-13-8-4-3-6-11(13)16(12)18/h3-9H,2,10H2,1H3,(H,17,18). The molecule has 0 saturated carbocycles. The van der Waals surface area contributed by atoms with Crippen molar-refractivity contribution in [2.75, 3.05) is 6.61 Å². The molecule has 0 bridgehead atoms. The number of H-pyrrole nitrogens is 1. The maximum atomic E-state index is 12.4. The van der Waals surface area contributed by atoms with Crippen LogP contribution in [-0.4, -0.2) is 11.6 Å². The van der Waals surface area contributed by atoms with E-state index in [4.69, 9.17) is 4.74 Å². The average Bonchev–Trinajstić information content (AvgIpc) is 2.46. The van der Waals surface area contributed by atoms with E-state index < -0.39 is 0 Å². The van der Waals surface area contributed by atoms with Gasteiger partial charge in [0, 0.05) is 16.3 Å². The second-order valence-electron chi connectivity index (χ2n) is 4.53. The van der Waals surface area contributed by atoms with Gasteiger partial charge in [0.15, 0.2) is 5.43 Å². The Morgan fingerprint density at radius 1 is 1.05 bits per heavy atom. The summed E-state index contributed by atoms with van der Waals surface area (Å²) >= 11 is 0. The number of nitrogens with one attached hydrogen (secondary N) is 1. The Balaban J connectivity index is 2.34. The maximum absolute atomic E-state index is 12.4. The summed E-state index contributed by atoms with van der Waals surface area (Å²) in [5.74, 6) is 0.738. The van der Waals surface area contributed by atoms with Gasteiger partial charge in [-0.2, -0.15) is 0 Å². The monoisotopic (exact) mass is 253 g/mol. The highest BCUT2D eigenvalue weighted by molar-refractivity contribution is 5.95. The number of aromatic amines is 1. The quantitative estimate of drug-likeness (QED) is 0.726. The third kappa shape index (κ3) is 1.97. The summed E-state index contributed by atoms with van der Waals surface area (Å²) in [5.41, 5.74) is 1.67. The highest BCUT2D eigenvalue weighted by atomic mass is 16.5. The van der Waals surface area contributed by atoms with E-state index in [1.54, 1.807) is 0 Å². The van der Waals surface area contributed by atoms with E-state index in [-0.39, 0.29) is 5.43 Å². The van der Waals surface area contributed by atoms with Crippen LogP contribution in [0.1, 0.15) is 13.3 Å². The van der Waals surface area contributed by atoms with Crippen molar-refractivity contribution in [2.24, 2.45) is 0 Å². The number of fused-ring (bicyclic) bond motifs is 2. The first kappa shape index (κ1) is 11.8. The number of hydrogen-bond donors (Lipinski definition) is 1. The first-order valence-corrected chi connectivity index (χ1v) is 6.48. The van der Waals surface area contributed by atoms with Crippen LogP contribution in [0.4, 0.5) is 0 Å². The smallest absolute Gasteiger partial charge is 0.197 e. The van der Waals surface area contributed by atoms with Crippen LogP contribution < -0.4 is 10.2 Å². The van der Waals surface area contributed by atoms with Gasteiger partial charge >= 0.3 is 0 Å². The Morgan fingerprint density at radius 3 is 2.68 bits per heavy atom. The lowest BCUT2D eigenvalue weighted by atomic mass is 10.1. The largest absolute Gasteiger partial charge is 0.491 e. The molecule has 3 nitrogen and oxygen atoms in total. The summed E-state index contributed by atoms with van der Waals surface area (Å²) in [6, 6.07) is 13.1. The molecule has 1 aromatic heterocycles. The first-order valence-electron chi connectivity index (χ1n) is 6.48. The van der Waals surface area contributed by atoms with Crippen LogP contribution >= 0.6 is 0 Å². The van der Waals surface area contributed by atoms with E-state index in [2.05, 4.69) is 11.9 Å². The molecule has 1 heterocycles. The van der Waals surface area contributed by atoms with Gasteiger partial charge in [0.2, 0.25) is 0 Å². The Labute approximate surface area is 110 Å². The molecule has 0 unspecified atom stereocenters. The second-order valence-corrected chi connectivity index (χ2v) is 4.53. The van der Waals surface area contributed by atoms with E-state index in [9.17, 15) is 4.79 Å². The molecule has 0 aliphatic carbocycles. The number of pyridine rings is 1. The van der Waals surface area contributed by atoms with Crippen molar-refractivity contribution in [1.29, 1.82) is 0 Å². The lowest BCUT2D eigenvalue weighted by Crippen LogP contribution is -2.05. The topological polar surface area (TPSA) is 42.1 Å². The molecule has 0 aliphatic heterocycles. The SMILES string of the molecule is CCCOc1cccc2c(=O)c3ccccc3[nH]c12. The van der Waals surface area contributed by atoms with Gasteiger partial charge in [0.1, 0.15) is 5.75 Å². The first-order chi connectivity index (χ1) is 9.31. The van der Waals surface area contributed by atoms with E-state index in [1.165, 1.54) is 0 Å². The average molecular weight is 253 g/mol. The number of aromatic nitrogens is 1. The molecule has 2 aromatic carbocycles. The Hall–Kier alpha value is -2.29. The van der Waals surface area contributed by atoms with Gasteiger partial charge in [-0.05, 0) is 30.7 Å². The summed E-state index contributed by atoms with van der Waals surface area (Å²) in [4.78, 5) is 15.7. The van der Waals surface area contributed by atoms with Gasteiger partial charge in [-0.1, -0.05) is 25.1 Å². The van der Waals surface area contributed by atoms with Gasteiger partial charge < -0.3 is 9.72 Å². The van der Waals surface area contributed by atoms with Crippen molar-refractivity contribution in [2.45, 2.75) is 13.3 Å². The predicted octanol–water partition coefficient (Wildman–Crippen LogP) is 3.47. The van der Waals surface area contributed by atoms with Crippen LogP contribution in [0.25, 0.3) is 21.8 Å². The molecular formula is C16H15NO2. The fourth-order valence-electron chi connectivity index (χ4n) is 2.25. The number of rotatable bonds is 3. The third-order valence-electron chi connectivity index (χ3n) is 3.16. The van der Waals surface area contributed by atoms with Crippen LogP contribution in [-0.2, 0) is 0 Å². The Kier molecular flexibility index (Phi) is 2.95. The molecule has 3 aromatic rings. The lowest BCUT2D eigenvalue weighted by molar-refractivity contribution is 0.320. The molecule has 0 amide bonds. The molecule has 0 saturated heterocycles. The predicted molar refractivity (Wildman–Crippen MR) is 77.9 cm³/mol. The molecule has 19 heavy (non-hydrogen) atoms. The summed E-state index contributed by atoms with van der Waals surface area (Å²) < 4.78 is 5.70. The Bertz CT molecular complexity index is 789. The van der Waals surface area contributed by atoms with Crippen LogP contribution in [0.15, 0.2) is 47.3 Å². The minimum atomic E-state index is 0.0475. The zero-order valence-electron chi connectivity index (χ0n) is 10.8. The highest BCUT2D eigenvalue weighted by Crippen LogP contribution is 2.24. The molecule has 1 N–H and O–H groups in total. The molecule has 0 aliphatic rings. The minimum absolute atomic E-state index is 0.0475. The van der Waals surface area contributed by atoms with E-state index in [0.29, 0.717) is 17.4 Å². The maximum Gasteiger partial charge on any atom is 0.197 e. The van der Waals surface area contributed by atoms with E-state index in [0.717, 1.165) is 23.2 Å². The normalized spacial score (nSPS) is 11.0. The zero-order valence-corrected chi connectivity index (χ0v) is 10.8. The van der Waals surface area contributed by atoms with E-state index >= 15 is 0 Å². The summed E-state index contributed by atoms with van der Waals surface area (Å²) in [6.07, 6.45) is 0.939. The molecule has 96 valence electrons.